The van der Waals surface area contributed by atoms with E-state index in [1.807, 2.05) is 0 Å². The van der Waals surface area contributed by atoms with E-state index in [4.69, 9.17) is 11.5 Å². The van der Waals surface area contributed by atoms with E-state index < -0.39 is 5.54 Å². The van der Waals surface area contributed by atoms with Crippen molar-refractivity contribution < 1.29 is 4.79 Å². The zero-order valence-corrected chi connectivity index (χ0v) is 13.7. The Labute approximate surface area is 124 Å². The molecule has 1 aliphatic carbocycles. The van der Waals surface area contributed by atoms with E-state index in [1.54, 1.807) is 0 Å². The molecule has 1 amide bonds. The number of hydrogen-bond acceptors (Lipinski definition) is 3. The zero-order chi connectivity index (χ0) is 15.3. The second-order valence-corrected chi connectivity index (χ2v) is 7.33. The molecule has 1 rings (SSSR count). The van der Waals surface area contributed by atoms with Crippen LogP contribution in [0, 0.1) is 17.8 Å². The minimum absolute atomic E-state index is 0.252. The maximum Gasteiger partial charge on any atom is 0.237 e. The predicted molar refractivity (Wildman–Crippen MR) is 84.2 cm³/mol. The molecule has 1 fully saturated rings. The first-order chi connectivity index (χ1) is 9.25. The fraction of sp³-hybridized carbons (Fsp3) is 0.938. The third kappa shape index (κ3) is 4.74. The molecule has 20 heavy (non-hydrogen) atoms. The Hall–Kier alpha value is -0.610. The Bertz CT molecular complexity index is 307. The van der Waals surface area contributed by atoms with E-state index in [2.05, 4.69) is 32.6 Å². The lowest BCUT2D eigenvalue weighted by Crippen LogP contribution is -2.55. The normalized spacial score (nSPS) is 26.9. The molecule has 4 N–H and O–H groups in total. The summed E-state index contributed by atoms with van der Waals surface area (Å²) in [5, 5.41) is 0. The van der Waals surface area contributed by atoms with Crippen LogP contribution in [0.1, 0.15) is 53.4 Å². The van der Waals surface area contributed by atoms with Crippen LogP contribution in [0.3, 0.4) is 0 Å². The highest BCUT2D eigenvalue weighted by Crippen LogP contribution is 2.36. The molecule has 0 aromatic heterocycles. The van der Waals surface area contributed by atoms with Gasteiger partial charge >= 0.3 is 0 Å². The summed E-state index contributed by atoms with van der Waals surface area (Å²) in [7, 11) is 0. The van der Waals surface area contributed by atoms with Crippen LogP contribution >= 0.6 is 0 Å². The molecule has 4 nitrogen and oxygen atoms in total. The van der Waals surface area contributed by atoms with Gasteiger partial charge in [0.25, 0.3) is 0 Å². The van der Waals surface area contributed by atoms with Gasteiger partial charge in [-0.25, -0.2) is 0 Å². The lowest BCUT2D eigenvalue weighted by Gasteiger charge is -2.32. The summed E-state index contributed by atoms with van der Waals surface area (Å²) in [6.07, 6.45) is 3.80. The van der Waals surface area contributed by atoms with Crippen LogP contribution in [0.15, 0.2) is 0 Å². The maximum absolute atomic E-state index is 11.6. The summed E-state index contributed by atoms with van der Waals surface area (Å²) in [6, 6.07) is 0. The molecule has 2 unspecified atom stereocenters. The highest BCUT2D eigenvalue weighted by molar-refractivity contribution is 5.85. The van der Waals surface area contributed by atoms with Gasteiger partial charge in [0.05, 0.1) is 5.54 Å². The van der Waals surface area contributed by atoms with Crippen molar-refractivity contribution in [3.8, 4) is 0 Å². The summed E-state index contributed by atoms with van der Waals surface area (Å²) < 4.78 is 0. The highest BCUT2D eigenvalue weighted by atomic mass is 16.1. The van der Waals surface area contributed by atoms with E-state index in [0.29, 0.717) is 11.8 Å². The average molecular weight is 283 g/mol. The SMILES string of the molecule is CC(C)CN(CCC1CCCC1(N)C(N)=O)CC(C)C. The van der Waals surface area contributed by atoms with Gasteiger partial charge in [0, 0.05) is 13.1 Å². The van der Waals surface area contributed by atoms with E-state index in [-0.39, 0.29) is 11.8 Å². The minimum Gasteiger partial charge on any atom is -0.368 e. The van der Waals surface area contributed by atoms with Crippen LogP contribution in [0.2, 0.25) is 0 Å². The number of primary amides is 1. The molecule has 0 spiro atoms. The van der Waals surface area contributed by atoms with Crippen LogP contribution in [0.25, 0.3) is 0 Å². The Morgan fingerprint density at radius 3 is 2.25 bits per heavy atom. The molecule has 0 aromatic carbocycles. The lowest BCUT2D eigenvalue weighted by molar-refractivity contribution is -0.124. The number of nitrogens with zero attached hydrogens (tertiary/aromatic N) is 1. The van der Waals surface area contributed by atoms with Gasteiger partial charge in [0.2, 0.25) is 5.91 Å². The van der Waals surface area contributed by atoms with E-state index in [0.717, 1.165) is 45.3 Å². The standard InChI is InChI=1S/C16H33N3O/c1-12(2)10-19(11-13(3)4)9-7-14-6-5-8-16(14,18)15(17)20/h12-14H,5-11,18H2,1-4H3,(H2,17,20). The second-order valence-electron chi connectivity index (χ2n) is 7.33. The summed E-state index contributed by atoms with van der Waals surface area (Å²) in [4.78, 5) is 14.1. The highest BCUT2D eigenvalue weighted by Gasteiger charge is 2.44. The molecule has 1 saturated carbocycles. The fourth-order valence-electron chi connectivity index (χ4n) is 3.46. The number of hydrogen-bond donors (Lipinski definition) is 2. The molecule has 1 aliphatic rings. The fourth-order valence-corrected chi connectivity index (χ4v) is 3.46. The summed E-state index contributed by atoms with van der Waals surface area (Å²) >= 11 is 0. The minimum atomic E-state index is -0.763. The van der Waals surface area contributed by atoms with E-state index in [1.165, 1.54) is 0 Å². The largest absolute Gasteiger partial charge is 0.368 e. The van der Waals surface area contributed by atoms with Crippen molar-refractivity contribution in [3.63, 3.8) is 0 Å². The molecule has 0 heterocycles. The van der Waals surface area contributed by atoms with Gasteiger partial charge in [-0.1, -0.05) is 34.1 Å². The summed E-state index contributed by atoms with van der Waals surface area (Å²) in [6.45, 7) is 12.2. The smallest absolute Gasteiger partial charge is 0.237 e. The third-order valence-electron chi connectivity index (χ3n) is 4.37. The van der Waals surface area contributed by atoms with Gasteiger partial charge in [0.15, 0.2) is 0 Å². The van der Waals surface area contributed by atoms with Crippen molar-refractivity contribution >= 4 is 5.91 Å². The molecular formula is C16H33N3O. The molecule has 0 bridgehead atoms. The number of carbonyl (C=O) groups is 1. The number of rotatable bonds is 8. The van der Waals surface area contributed by atoms with Crippen LogP contribution in [-0.2, 0) is 4.79 Å². The van der Waals surface area contributed by atoms with Crippen molar-refractivity contribution in [2.75, 3.05) is 19.6 Å². The third-order valence-corrected chi connectivity index (χ3v) is 4.37. The first-order valence-electron chi connectivity index (χ1n) is 8.06. The second kappa shape index (κ2) is 7.41. The monoisotopic (exact) mass is 283 g/mol. The molecule has 2 atom stereocenters. The Morgan fingerprint density at radius 1 is 1.25 bits per heavy atom. The van der Waals surface area contributed by atoms with Crippen molar-refractivity contribution in [2.45, 2.75) is 58.9 Å². The first-order valence-corrected chi connectivity index (χ1v) is 8.06. The van der Waals surface area contributed by atoms with Crippen molar-refractivity contribution in [2.24, 2.45) is 29.2 Å². The molecule has 0 aromatic rings. The van der Waals surface area contributed by atoms with Gasteiger partial charge in [-0.3, -0.25) is 4.79 Å². The number of amides is 1. The molecule has 118 valence electrons. The Kier molecular flexibility index (Phi) is 6.46. The molecule has 0 radical (unpaired) electrons. The lowest BCUT2D eigenvalue weighted by atomic mass is 9.85. The first kappa shape index (κ1) is 17.4. The van der Waals surface area contributed by atoms with E-state index in [9.17, 15) is 4.79 Å². The van der Waals surface area contributed by atoms with Crippen molar-refractivity contribution in [1.82, 2.24) is 4.90 Å². The molecule has 0 aliphatic heterocycles. The molecule has 0 saturated heterocycles. The quantitative estimate of drug-likeness (QED) is 0.715. The van der Waals surface area contributed by atoms with Gasteiger partial charge in [-0.2, -0.15) is 0 Å². The van der Waals surface area contributed by atoms with Gasteiger partial charge < -0.3 is 16.4 Å². The van der Waals surface area contributed by atoms with E-state index >= 15 is 0 Å². The van der Waals surface area contributed by atoms with Gasteiger partial charge in [-0.15, -0.1) is 0 Å². The Balaban J connectivity index is 2.55. The molecular weight excluding hydrogens is 250 g/mol. The van der Waals surface area contributed by atoms with Gasteiger partial charge in [0.1, 0.15) is 0 Å². The van der Waals surface area contributed by atoms with Crippen LogP contribution < -0.4 is 11.5 Å². The van der Waals surface area contributed by atoms with Crippen LogP contribution in [0.5, 0.6) is 0 Å². The summed E-state index contributed by atoms with van der Waals surface area (Å²) in [5.41, 5.74) is 11.0. The van der Waals surface area contributed by atoms with Crippen LogP contribution in [0.4, 0.5) is 0 Å². The number of nitrogens with two attached hydrogens (primary N) is 2. The maximum atomic E-state index is 11.6. The van der Waals surface area contributed by atoms with Crippen LogP contribution in [-0.4, -0.2) is 36.0 Å². The Morgan fingerprint density at radius 2 is 1.80 bits per heavy atom. The zero-order valence-electron chi connectivity index (χ0n) is 13.7. The van der Waals surface area contributed by atoms with Crippen molar-refractivity contribution in [1.29, 1.82) is 0 Å². The van der Waals surface area contributed by atoms with Crippen molar-refractivity contribution in [3.05, 3.63) is 0 Å². The molecule has 4 heteroatoms. The average Bonchev–Trinajstić information content (AvgIpc) is 2.67. The summed E-state index contributed by atoms with van der Waals surface area (Å²) in [5.74, 6) is 1.26. The van der Waals surface area contributed by atoms with Gasteiger partial charge in [-0.05, 0) is 43.6 Å². The number of carbonyl (C=O) groups excluding carboxylic acids is 1. The predicted octanol–water partition coefficient (Wildman–Crippen LogP) is 1.97. The topological polar surface area (TPSA) is 72.3 Å².